The molecule has 0 unspecified atom stereocenters. The van der Waals surface area contributed by atoms with Gasteiger partial charge in [0.05, 0.1) is 11.6 Å². The number of carbonyl (C=O) groups excluding carboxylic acids is 1. The summed E-state index contributed by atoms with van der Waals surface area (Å²) in [4.78, 5) is 18.8. The van der Waals surface area contributed by atoms with E-state index in [1.807, 2.05) is 48.5 Å². The van der Waals surface area contributed by atoms with Gasteiger partial charge in [0.2, 0.25) is 5.91 Å². The van der Waals surface area contributed by atoms with Gasteiger partial charge in [-0.25, -0.2) is 0 Å². The van der Waals surface area contributed by atoms with Crippen LogP contribution in [0, 0.1) is 0 Å². The van der Waals surface area contributed by atoms with Crippen molar-refractivity contribution in [3.63, 3.8) is 0 Å². The fourth-order valence-corrected chi connectivity index (χ4v) is 2.69. The summed E-state index contributed by atoms with van der Waals surface area (Å²) in [7, 11) is 3.53. The molecule has 114 valence electrons. The third-order valence-corrected chi connectivity index (χ3v) is 4.04. The van der Waals surface area contributed by atoms with Gasteiger partial charge in [0.25, 0.3) is 0 Å². The first-order valence-corrected chi connectivity index (χ1v) is 7.84. The average molecular weight is 359 g/mol. The first-order chi connectivity index (χ1) is 10.5. The molecule has 0 fully saturated rings. The number of pyridine rings is 1. The molecule has 0 aliphatic heterocycles. The van der Waals surface area contributed by atoms with Gasteiger partial charge in [-0.2, -0.15) is 0 Å². The number of likely N-dealkylation sites (N-methyl/N-ethyl adjacent to an activating group) is 1. The monoisotopic (exact) mass is 358 g/mol. The summed E-state index contributed by atoms with van der Waals surface area (Å²) >= 11 is 3.38. The maximum absolute atomic E-state index is 12.7. The minimum absolute atomic E-state index is 0.0172. The minimum atomic E-state index is -0.386. The van der Waals surface area contributed by atoms with E-state index in [1.54, 1.807) is 25.2 Å². The van der Waals surface area contributed by atoms with E-state index in [4.69, 9.17) is 0 Å². The number of halogens is 1. The van der Waals surface area contributed by atoms with Crippen molar-refractivity contribution in [2.75, 3.05) is 14.1 Å². The predicted molar refractivity (Wildman–Crippen MR) is 92.8 cm³/mol. The highest BCUT2D eigenvalue weighted by Crippen LogP contribution is 2.34. The van der Waals surface area contributed by atoms with Gasteiger partial charge in [0, 0.05) is 30.7 Å². The molecule has 0 radical (unpaired) electrons. The lowest BCUT2D eigenvalue weighted by Gasteiger charge is -2.26. The molecule has 2 aromatic rings. The molecule has 0 spiro atoms. The Bertz CT molecular complexity index is 638. The topological polar surface area (TPSA) is 33.2 Å². The molecule has 0 saturated heterocycles. The lowest BCUT2D eigenvalue weighted by atomic mass is 9.82. The molecular formula is C18H19BrN2O. The average Bonchev–Trinajstić information content (AvgIpc) is 2.53. The van der Waals surface area contributed by atoms with E-state index in [1.165, 1.54) is 0 Å². The molecule has 0 N–H and O–H groups in total. The van der Waals surface area contributed by atoms with Crippen LogP contribution in [0.5, 0.6) is 0 Å². The van der Waals surface area contributed by atoms with Crippen LogP contribution in [0.25, 0.3) is 0 Å². The van der Waals surface area contributed by atoms with Crippen LogP contribution in [0.4, 0.5) is 0 Å². The standard InChI is InChI=1S/C18H19BrN2O/c1-4-15(13-8-6-5-7-9-13)17(18(22)21(2)3)16-11-10-14(19)12-20-16/h4-12,15,17H,1H2,2-3H3/t15-,17+/m1/s1. The lowest BCUT2D eigenvalue weighted by molar-refractivity contribution is -0.130. The molecule has 1 aromatic carbocycles. The summed E-state index contributed by atoms with van der Waals surface area (Å²) < 4.78 is 0.891. The summed E-state index contributed by atoms with van der Waals surface area (Å²) in [6.45, 7) is 3.94. The Morgan fingerprint density at radius 3 is 2.41 bits per heavy atom. The Balaban J connectivity index is 2.49. The molecule has 4 heteroatoms. The van der Waals surface area contributed by atoms with E-state index in [0.717, 1.165) is 15.7 Å². The van der Waals surface area contributed by atoms with Crippen molar-refractivity contribution in [2.24, 2.45) is 0 Å². The minimum Gasteiger partial charge on any atom is -0.348 e. The summed E-state index contributed by atoms with van der Waals surface area (Å²) in [5, 5.41) is 0. The van der Waals surface area contributed by atoms with Crippen molar-refractivity contribution in [3.05, 3.63) is 77.0 Å². The maximum Gasteiger partial charge on any atom is 0.232 e. The van der Waals surface area contributed by atoms with Gasteiger partial charge in [-0.05, 0) is 33.6 Å². The summed E-state index contributed by atoms with van der Waals surface area (Å²) in [6, 6.07) is 13.7. The van der Waals surface area contributed by atoms with Crippen molar-refractivity contribution >= 4 is 21.8 Å². The van der Waals surface area contributed by atoms with Crippen LogP contribution in [0.15, 0.2) is 65.8 Å². The molecule has 1 amide bonds. The third-order valence-electron chi connectivity index (χ3n) is 3.57. The van der Waals surface area contributed by atoms with E-state index in [9.17, 15) is 4.79 Å². The zero-order valence-corrected chi connectivity index (χ0v) is 14.3. The molecule has 0 aliphatic carbocycles. The molecule has 1 heterocycles. The number of amides is 1. The number of hydrogen-bond acceptors (Lipinski definition) is 2. The van der Waals surface area contributed by atoms with E-state index >= 15 is 0 Å². The van der Waals surface area contributed by atoms with Crippen molar-refractivity contribution in [2.45, 2.75) is 11.8 Å². The van der Waals surface area contributed by atoms with Gasteiger partial charge in [0.1, 0.15) is 0 Å². The second-order valence-electron chi connectivity index (χ2n) is 5.28. The number of hydrogen-bond donors (Lipinski definition) is 0. The predicted octanol–water partition coefficient (Wildman–Crippen LogP) is 3.99. The van der Waals surface area contributed by atoms with Crippen LogP contribution >= 0.6 is 15.9 Å². The number of nitrogens with zero attached hydrogens (tertiary/aromatic N) is 2. The highest BCUT2D eigenvalue weighted by Gasteiger charge is 2.31. The molecule has 0 bridgehead atoms. The van der Waals surface area contributed by atoms with E-state index in [2.05, 4.69) is 27.5 Å². The highest BCUT2D eigenvalue weighted by atomic mass is 79.9. The van der Waals surface area contributed by atoms with Gasteiger partial charge in [-0.1, -0.05) is 36.4 Å². The van der Waals surface area contributed by atoms with E-state index < -0.39 is 0 Å². The molecule has 0 aliphatic rings. The van der Waals surface area contributed by atoms with Crippen molar-refractivity contribution in [1.82, 2.24) is 9.88 Å². The summed E-state index contributed by atoms with van der Waals surface area (Å²) in [5.74, 6) is -0.489. The van der Waals surface area contributed by atoms with Crippen LogP contribution in [0.3, 0.4) is 0 Å². The molecule has 0 saturated carbocycles. The smallest absolute Gasteiger partial charge is 0.232 e. The molecule has 2 atom stereocenters. The SMILES string of the molecule is C=C[C@H](c1ccccc1)[C@H](C(=O)N(C)C)c1ccc(Br)cn1. The molecule has 3 nitrogen and oxygen atoms in total. The zero-order valence-electron chi connectivity index (χ0n) is 12.7. The van der Waals surface area contributed by atoms with Gasteiger partial charge < -0.3 is 4.90 Å². The molecule has 2 rings (SSSR count). The zero-order chi connectivity index (χ0) is 16.1. The van der Waals surface area contributed by atoms with Gasteiger partial charge >= 0.3 is 0 Å². The quantitative estimate of drug-likeness (QED) is 0.757. The van der Waals surface area contributed by atoms with E-state index in [0.29, 0.717) is 0 Å². The second kappa shape index (κ2) is 7.36. The summed E-state index contributed by atoms with van der Waals surface area (Å²) in [6.07, 6.45) is 3.54. The van der Waals surface area contributed by atoms with Crippen LogP contribution in [0.2, 0.25) is 0 Å². The fourth-order valence-electron chi connectivity index (χ4n) is 2.45. The fraction of sp³-hybridized carbons (Fsp3) is 0.222. The Morgan fingerprint density at radius 2 is 1.91 bits per heavy atom. The number of benzene rings is 1. The highest BCUT2D eigenvalue weighted by molar-refractivity contribution is 9.10. The normalized spacial score (nSPS) is 13.2. The van der Waals surface area contributed by atoms with Crippen molar-refractivity contribution < 1.29 is 4.79 Å². The Labute approximate surface area is 139 Å². The Hall–Kier alpha value is -1.94. The van der Waals surface area contributed by atoms with Crippen molar-refractivity contribution in [3.8, 4) is 0 Å². The van der Waals surface area contributed by atoms with Gasteiger partial charge in [-0.15, -0.1) is 6.58 Å². The number of allylic oxidation sites excluding steroid dienone is 1. The van der Waals surface area contributed by atoms with E-state index in [-0.39, 0.29) is 17.7 Å². The third kappa shape index (κ3) is 3.63. The van der Waals surface area contributed by atoms with Crippen LogP contribution in [0.1, 0.15) is 23.1 Å². The Kier molecular flexibility index (Phi) is 5.50. The largest absolute Gasteiger partial charge is 0.348 e. The van der Waals surface area contributed by atoms with Crippen LogP contribution in [-0.2, 0) is 4.79 Å². The second-order valence-corrected chi connectivity index (χ2v) is 6.20. The molecule has 1 aromatic heterocycles. The van der Waals surface area contributed by atoms with Crippen LogP contribution in [-0.4, -0.2) is 29.9 Å². The first-order valence-electron chi connectivity index (χ1n) is 7.04. The van der Waals surface area contributed by atoms with Crippen LogP contribution < -0.4 is 0 Å². The Morgan fingerprint density at radius 1 is 1.23 bits per heavy atom. The number of rotatable bonds is 5. The number of aromatic nitrogens is 1. The number of carbonyl (C=O) groups is 1. The van der Waals surface area contributed by atoms with Gasteiger partial charge in [-0.3, -0.25) is 9.78 Å². The lowest BCUT2D eigenvalue weighted by Crippen LogP contribution is -2.32. The maximum atomic E-state index is 12.7. The molecular weight excluding hydrogens is 340 g/mol. The molecule has 22 heavy (non-hydrogen) atoms. The summed E-state index contributed by atoms with van der Waals surface area (Å²) in [5.41, 5.74) is 1.80. The van der Waals surface area contributed by atoms with Gasteiger partial charge in [0.15, 0.2) is 0 Å². The first kappa shape index (κ1) is 16.4. The van der Waals surface area contributed by atoms with Crippen molar-refractivity contribution in [1.29, 1.82) is 0 Å².